The fourth-order valence-corrected chi connectivity index (χ4v) is 3.70. The molecule has 1 unspecified atom stereocenters. The molecule has 1 aliphatic carbocycles. The van der Waals surface area contributed by atoms with E-state index in [1.165, 1.54) is 0 Å². The van der Waals surface area contributed by atoms with Crippen molar-refractivity contribution in [3.63, 3.8) is 0 Å². The number of nitrogens with zero attached hydrogens (tertiary/aromatic N) is 3. The summed E-state index contributed by atoms with van der Waals surface area (Å²) in [7, 11) is 0. The molecule has 24 heavy (non-hydrogen) atoms. The van der Waals surface area contributed by atoms with E-state index in [9.17, 15) is 4.79 Å². The lowest BCUT2D eigenvalue weighted by molar-refractivity contribution is -0.117. The predicted molar refractivity (Wildman–Crippen MR) is 89.8 cm³/mol. The molecule has 7 heteroatoms. The molecule has 2 N–H and O–H groups in total. The van der Waals surface area contributed by atoms with Crippen molar-refractivity contribution in [1.82, 2.24) is 10.1 Å². The third kappa shape index (κ3) is 2.70. The Morgan fingerprint density at radius 2 is 1.96 bits per heavy atom. The Labute approximate surface area is 145 Å². The first kappa shape index (κ1) is 15.6. The van der Waals surface area contributed by atoms with Gasteiger partial charge in [0.1, 0.15) is 0 Å². The monoisotopic (exact) mass is 346 g/mol. The summed E-state index contributed by atoms with van der Waals surface area (Å²) in [5.74, 6) is 1.03. The minimum Gasteiger partial charge on any atom is -0.339 e. The van der Waals surface area contributed by atoms with E-state index < -0.39 is 5.54 Å². The van der Waals surface area contributed by atoms with Crippen molar-refractivity contribution in [2.24, 2.45) is 5.73 Å². The van der Waals surface area contributed by atoms with Gasteiger partial charge in [0.2, 0.25) is 11.8 Å². The van der Waals surface area contributed by atoms with E-state index in [4.69, 9.17) is 21.9 Å². The molecule has 2 aliphatic rings. The highest BCUT2D eigenvalue weighted by Crippen LogP contribution is 2.36. The predicted octanol–water partition coefficient (Wildman–Crippen LogP) is 2.97. The number of benzene rings is 1. The van der Waals surface area contributed by atoms with Crippen LogP contribution in [0.1, 0.15) is 49.7 Å². The number of rotatable bonds is 3. The van der Waals surface area contributed by atoms with Crippen molar-refractivity contribution < 1.29 is 9.32 Å². The Morgan fingerprint density at radius 1 is 1.25 bits per heavy atom. The maximum atomic E-state index is 12.3. The first-order valence-electron chi connectivity index (χ1n) is 8.24. The second-order valence-electron chi connectivity index (χ2n) is 6.70. The SMILES string of the molecule is NC1(c2noc(C3CC(=O)N(c4ccc(Cl)cc4)C3)n2)CCCC1. The van der Waals surface area contributed by atoms with Crippen LogP contribution in [0.5, 0.6) is 0 Å². The van der Waals surface area contributed by atoms with Crippen LogP contribution >= 0.6 is 11.6 Å². The summed E-state index contributed by atoms with van der Waals surface area (Å²) in [6.07, 6.45) is 4.31. The second-order valence-corrected chi connectivity index (χ2v) is 7.14. The molecule has 0 spiro atoms. The molecule has 1 aliphatic heterocycles. The molecule has 1 saturated carbocycles. The van der Waals surface area contributed by atoms with Crippen molar-refractivity contribution in [2.75, 3.05) is 11.4 Å². The van der Waals surface area contributed by atoms with Gasteiger partial charge in [-0.15, -0.1) is 0 Å². The molecule has 2 fully saturated rings. The van der Waals surface area contributed by atoms with Gasteiger partial charge in [0.15, 0.2) is 5.82 Å². The smallest absolute Gasteiger partial charge is 0.232 e. The summed E-state index contributed by atoms with van der Waals surface area (Å²) in [5.41, 5.74) is 6.74. The normalized spacial score (nSPS) is 23.2. The Hall–Kier alpha value is -1.92. The fourth-order valence-electron chi connectivity index (χ4n) is 3.58. The summed E-state index contributed by atoms with van der Waals surface area (Å²) in [5, 5.41) is 4.74. The molecule has 126 valence electrons. The van der Waals surface area contributed by atoms with Gasteiger partial charge >= 0.3 is 0 Å². The van der Waals surface area contributed by atoms with Gasteiger partial charge in [0, 0.05) is 23.7 Å². The third-order valence-electron chi connectivity index (χ3n) is 5.00. The molecule has 0 radical (unpaired) electrons. The van der Waals surface area contributed by atoms with Crippen LogP contribution in [0.3, 0.4) is 0 Å². The first-order valence-corrected chi connectivity index (χ1v) is 8.62. The third-order valence-corrected chi connectivity index (χ3v) is 5.25. The lowest BCUT2D eigenvalue weighted by atomic mass is 9.98. The summed E-state index contributed by atoms with van der Waals surface area (Å²) < 4.78 is 5.44. The average Bonchev–Trinajstić information content (AvgIpc) is 3.28. The van der Waals surface area contributed by atoms with E-state index in [-0.39, 0.29) is 11.8 Å². The highest BCUT2D eigenvalue weighted by molar-refractivity contribution is 6.30. The van der Waals surface area contributed by atoms with Gasteiger partial charge in [-0.3, -0.25) is 4.79 Å². The summed E-state index contributed by atoms with van der Waals surface area (Å²) in [4.78, 5) is 18.6. The fraction of sp³-hybridized carbons (Fsp3) is 0.471. The molecule has 2 heterocycles. The molecule has 1 aromatic heterocycles. The highest BCUT2D eigenvalue weighted by atomic mass is 35.5. The molecule has 4 rings (SSSR count). The van der Waals surface area contributed by atoms with Gasteiger partial charge in [-0.25, -0.2) is 0 Å². The number of carbonyl (C=O) groups is 1. The Bertz CT molecular complexity index is 752. The molecule has 1 aromatic carbocycles. The van der Waals surface area contributed by atoms with Gasteiger partial charge < -0.3 is 15.2 Å². The van der Waals surface area contributed by atoms with Crippen LogP contribution in [0.2, 0.25) is 5.02 Å². The van der Waals surface area contributed by atoms with Crippen molar-refractivity contribution in [2.45, 2.75) is 43.6 Å². The van der Waals surface area contributed by atoms with Crippen molar-refractivity contribution in [3.05, 3.63) is 41.0 Å². The number of aromatic nitrogens is 2. The van der Waals surface area contributed by atoms with Gasteiger partial charge in [-0.05, 0) is 37.1 Å². The van der Waals surface area contributed by atoms with Crippen LogP contribution in [0, 0.1) is 0 Å². The summed E-state index contributed by atoms with van der Waals surface area (Å²) in [6.45, 7) is 0.527. The number of hydrogen-bond donors (Lipinski definition) is 1. The molecule has 0 bridgehead atoms. The maximum Gasteiger partial charge on any atom is 0.232 e. The topological polar surface area (TPSA) is 85.2 Å². The first-order chi connectivity index (χ1) is 11.5. The van der Waals surface area contributed by atoms with Crippen LogP contribution in [0.25, 0.3) is 0 Å². The standard InChI is InChI=1S/C17H19ClN4O2/c18-12-3-5-13(6-4-12)22-10-11(9-14(22)23)15-20-16(21-24-15)17(19)7-1-2-8-17/h3-6,11H,1-2,7-10,19H2. The minimum atomic E-state index is -0.472. The number of hydrogen-bond acceptors (Lipinski definition) is 5. The van der Waals surface area contributed by atoms with Gasteiger partial charge in [0.05, 0.1) is 11.5 Å². The van der Waals surface area contributed by atoms with E-state index >= 15 is 0 Å². The Kier molecular flexibility index (Phi) is 3.81. The van der Waals surface area contributed by atoms with E-state index in [1.54, 1.807) is 17.0 Å². The number of carbonyl (C=O) groups excluding carboxylic acids is 1. The van der Waals surface area contributed by atoms with Gasteiger partial charge in [-0.2, -0.15) is 4.98 Å². The van der Waals surface area contributed by atoms with Crippen molar-refractivity contribution in [3.8, 4) is 0 Å². The number of amides is 1. The number of halogens is 1. The molecule has 1 atom stereocenters. The minimum absolute atomic E-state index is 0.0467. The van der Waals surface area contributed by atoms with E-state index in [2.05, 4.69) is 10.1 Å². The zero-order valence-corrected chi connectivity index (χ0v) is 14.0. The van der Waals surface area contributed by atoms with Gasteiger partial charge in [-0.1, -0.05) is 29.6 Å². The van der Waals surface area contributed by atoms with E-state index in [0.717, 1.165) is 31.4 Å². The molecular formula is C17H19ClN4O2. The van der Waals surface area contributed by atoms with E-state index in [0.29, 0.717) is 29.7 Å². The lowest BCUT2D eigenvalue weighted by Crippen LogP contribution is -2.34. The Morgan fingerprint density at radius 3 is 2.67 bits per heavy atom. The van der Waals surface area contributed by atoms with Crippen molar-refractivity contribution in [1.29, 1.82) is 0 Å². The van der Waals surface area contributed by atoms with Crippen LogP contribution in [0.4, 0.5) is 5.69 Å². The van der Waals surface area contributed by atoms with Crippen LogP contribution in [-0.4, -0.2) is 22.6 Å². The zero-order valence-electron chi connectivity index (χ0n) is 13.2. The lowest BCUT2D eigenvalue weighted by Gasteiger charge is -2.18. The molecule has 2 aromatic rings. The quantitative estimate of drug-likeness (QED) is 0.923. The van der Waals surface area contributed by atoms with Crippen LogP contribution < -0.4 is 10.6 Å². The van der Waals surface area contributed by atoms with E-state index in [1.807, 2.05) is 12.1 Å². The van der Waals surface area contributed by atoms with Crippen LogP contribution in [0.15, 0.2) is 28.8 Å². The maximum absolute atomic E-state index is 12.3. The average molecular weight is 347 g/mol. The number of nitrogens with two attached hydrogens (primary N) is 1. The summed E-state index contributed by atoms with van der Waals surface area (Å²) >= 11 is 5.91. The van der Waals surface area contributed by atoms with Gasteiger partial charge in [0.25, 0.3) is 0 Å². The second kappa shape index (κ2) is 5.86. The Balaban J connectivity index is 1.53. The highest BCUT2D eigenvalue weighted by Gasteiger charge is 2.39. The molecule has 6 nitrogen and oxygen atoms in total. The molecule has 1 amide bonds. The number of anilines is 1. The largest absolute Gasteiger partial charge is 0.339 e. The molecule has 1 saturated heterocycles. The van der Waals surface area contributed by atoms with Crippen molar-refractivity contribution >= 4 is 23.2 Å². The van der Waals surface area contributed by atoms with Crippen LogP contribution in [-0.2, 0) is 10.3 Å². The summed E-state index contributed by atoms with van der Waals surface area (Å²) in [6, 6.07) is 7.24. The molecular weight excluding hydrogens is 328 g/mol. The zero-order chi connectivity index (χ0) is 16.7.